The molecule has 1 heterocycles. The van der Waals surface area contributed by atoms with E-state index < -0.39 is 17.8 Å². The van der Waals surface area contributed by atoms with Gasteiger partial charge < -0.3 is 9.47 Å². The van der Waals surface area contributed by atoms with Gasteiger partial charge in [-0.3, -0.25) is 19.8 Å². The first kappa shape index (κ1) is 24.0. The van der Waals surface area contributed by atoms with E-state index >= 15 is 0 Å². The van der Waals surface area contributed by atoms with E-state index in [4.69, 9.17) is 9.47 Å². The van der Waals surface area contributed by atoms with Crippen LogP contribution in [0.4, 0.5) is 4.79 Å². The van der Waals surface area contributed by atoms with E-state index in [1.54, 1.807) is 18.2 Å². The highest BCUT2D eigenvalue weighted by Crippen LogP contribution is 2.31. The summed E-state index contributed by atoms with van der Waals surface area (Å²) in [4.78, 5) is 39.3. The van der Waals surface area contributed by atoms with Crippen LogP contribution in [0.25, 0.3) is 6.08 Å². The molecule has 4 amide bonds. The number of hydrogen-bond acceptors (Lipinski definition) is 5. The molecule has 0 atom stereocenters. The first-order chi connectivity index (χ1) is 16.5. The van der Waals surface area contributed by atoms with Crippen LogP contribution in [0.15, 0.2) is 52.5 Å². The zero-order valence-corrected chi connectivity index (χ0v) is 20.6. The minimum Gasteiger partial charge on any atom is -0.490 e. The van der Waals surface area contributed by atoms with Crippen LogP contribution in [0.5, 0.6) is 11.5 Å². The number of rotatable bonds is 7. The maximum atomic E-state index is 13.1. The van der Waals surface area contributed by atoms with E-state index in [9.17, 15) is 14.4 Å². The van der Waals surface area contributed by atoms with E-state index in [0.29, 0.717) is 30.3 Å². The molecule has 2 aromatic carbocycles. The molecule has 2 fully saturated rings. The molecular formula is C26H27BrN2O5. The lowest BCUT2D eigenvalue weighted by Crippen LogP contribution is -2.58. The summed E-state index contributed by atoms with van der Waals surface area (Å²) < 4.78 is 12.7. The Morgan fingerprint density at radius 3 is 2.44 bits per heavy atom. The lowest BCUT2D eigenvalue weighted by molar-refractivity contribution is -0.132. The zero-order valence-electron chi connectivity index (χ0n) is 19.0. The number of imide groups is 2. The largest absolute Gasteiger partial charge is 0.490 e. The topological polar surface area (TPSA) is 84.9 Å². The van der Waals surface area contributed by atoms with Gasteiger partial charge in [-0.25, -0.2) is 4.79 Å². The van der Waals surface area contributed by atoms with Gasteiger partial charge >= 0.3 is 6.03 Å². The van der Waals surface area contributed by atoms with Crippen LogP contribution < -0.4 is 14.8 Å². The van der Waals surface area contributed by atoms with Gasteiger partial charge in [0.1, 0.15) is 12.2 Å². The third-order valence-corrected chi connectivity index (χ3v) is 6.49. The Hall–Kier alpha value is -3.13. The zero-order chi connectivity index (χ0) is 24.1. The van der Waals surface area contributed by atoms with Gasteiger partial charge in [-0.15, -0.1) is 0 Å². The number of benzene rings is 2. The number of amides is 4. The molecule has 7 nitrogen and oxygen atoms in total. The molecule has 1 N–H and O–H groups in total. The highest BCUT2D eigenvalue weighted by atomic mass is 79.9. The second kappa shape index (κ2) is 10.9. The van der Waals surface area contributed by atoms with Gasteiger partial charge in [-0.05, 0) is 61.2 Å². The van der Waals surface area contributed by atoms with E-state index in [-0.39, 0.29) is 11.6 Å². The maximum absolute atomic E-state index is 13.1. The number of halogens is 1. The molecule has 34 heavy (non-hydrogen) atoms. The summed E-state index contributed by atoms with van der Waals surface area (Å²) in [6.45, 7) is 2.67. The van der Waals surface area contributed by atoms with E-state index in [0.717, 1.165) is 42.1 Å². The van der Waals surface area contributed by atoms with Crippen molar-refractivity contribution in [2.75, 3.05) is 6.61 Å². The van der Waals surface area contributed by atoms with Gasteiger partial charge in [-0.2, -0.15) is 0 Å². The van der Waals surface area contributed by atoms with E-state index in [1.165, 1.54) is 11.0 Å². The molecule has 1 saturated carbocycles. The van der Waals surface area contributed by atoms with Crippen LogP contribution in [0, 0.1) is 0 Å². The van der Waals surface area contributed by atoms with Gasteiger partial charge in [0, 0.05) is 10.5 Å². The second-order valence-corrected chi connectivity index (χ2v) is 9.25. The van der Waals surface area contributed by atoms with Crippen molar-refractivity contribution in [2.24, 2.45) is 0 Å². The number of ether oxygens (including phenoxy) is 2. The number of carbonyl (C=O) groups excluding carboxylic acids is 3. The molecule has 1 aliphatic carbocycles. The van der Waals surface area contributed by atoms with Crippen molar-refractivity contribution in [1.29, 1.82) is 0 Å². The average Bonchev–Trinajstić information content (AvgIpc) is 2.83. The second-order valence-electron chi connectivity index (χ2n) is 8.34. The molecule has 1 saturated heterocycles. The molecule has 0 unspecified atom stereocenters. The molecule has 1 aliphatic heterocycles. The highest BCUT2D eigenvalue weighted by molar-refractivity contribution is 9.10. The van der Waals surface area contributed by atoms with Crippen molar-refractivity contribution in [3.63, 3.8) is 0 Å². The number of nitrogens with zero attached hydrogens (tertiary/aromatic N) is 1. The molecule has 0 spiro atoms. The summed E-state index contributed by atoms with van der Waals surface area (Å²) in [6, 6.07) is 12.3. The van der Waals surface area contributed by atoms with Gasteiger partial charge in [0.05, 0.1) is 6.61 Å². The summed E-state index contributed by atoms with van der Waals surface area (Å²) in [5.41, 5.74) is 1.56. The molecule has 0 bridgehead atoms. The third kappa shape index (κ3) is 5.50. The van der Waals surface area contributed by atoms with Crippen molar-refractivity contribution in [3.8, 4) is 11.5 Å². The highest BCUT2D eigenvalue weighted by Gasteiger charge is 2.40. The molecule has 178 valence electrons. The third-order valence-electron chi connectivity index (χ3n) is 5.96. The molecule has 2 aromatic rings. The predicted octanol–water partition coefficient (Wildman–Crippen LogP) is 5.22. The molecule has 0 aromatic heterocycles. The first-order valence-electron chi connectivity index (χ1n) is 11.5. The van der Waals surface area contributed by atoms with Crippen LogP contribution in [-0.4, -0.2) is 35.4 Å². The molecule has 4 rings (SSSR count). The number of carbonyl (C=O) groups is 3. The Labute approximate surface area is 207 Å². The van der Waals surface area contributed by atoms with Crippen molar-refractivity contribution < 1.29 is 23.9 Å². The van der Waals surface area contributed by atoms with Crippen LogP contribution in [0.2, 0.25) is 0 Å². The lowest BCUT2D eigenvalue weighted by Gasteiger charge is -2.35. The van der Waals surface area contributed by atoms with E-state index in [1.807, 2.05) is 31.2 Å². The van der Waals surface area contributed by atoms with Crippen molar-refractivity contribution in [3.05, 3.63) is 63.6 Å². The van der Waals surface area contributed by atoms with Crippen molar-refractivity contribution >= 4 is 39.9 Å². The van der Waals surface area contributed by atoms with Crippen molar-refractivity contribution in [2.45, 2.75) is 51.7 Å². The summed E-state index contributed by atoms with van der Waals surface area (Å²) in [5, 5.41) is 2.32. The molecule has 0 radical (unpaired) electrons. The van der Waals surface area contributed by atoms with Gasteiger partial charge in [-0.1, -0.05) is 53.4 Å². The Kier molecular flexibility index (Phi) is 7.67. The minimum absolute atomic E-state index is 0.0591. The minimum atomic E-state index is -0.685. The monoisotopic (exact) mass is 526 g/mol. The van der Waals surface area contributed by atoms with Crippen LogP contribution in [-0.2, 0) is 16.2 Å². The fourth-order valence-electron chi connectivity index (χ4n) is 4.25. The quantitative estimate of drug-likeness (QED) is 0.394. The summed E-state index contributed by atoms with van der Waals surface area (Å²) in [7, 11) is 0. The normalized spacial score (nSPS) is 18.2. The van der Waals surface area contributed by atoms with Gasteiger partial charge in [0.2, 0.25) is 0 Å². The van der Waals surface area contributed by atoms with Gasteiger partial charge in [0.15, 0.2) is 11.5 Å². The Morgan fingerprint density at radius 1 is 1.00 bits per heavy atom. The summed E-state index contributed by atoms with van der Waals surface area (Å²) in [5.74, 6) is -0.159. The Morgan fingerprint density at radius 2 is 1.74 bits per heavy atom. The number of barbiturate groups is 1. The fourth-order valence-corrected chi connectivity index (χ4v) is 4.52. The SMILES string of the molecule is CCOc1cc(C=C2C(=O)NC(=O)N(C3CCCCC3)C2=O)ccc1OCc1ccc(Br)cc1. The predicted molar refractivity (Wildman–Crippen MR) is 131 cm³/mol. The maximum Gasteiger partial charge on any atom is 0.331 e. The first-order valence-corrected chi connectivity index (χ1v) is 12.3. The summed E-state index contributed by atoms with van der Waals surface area (Å²) >= 11 is 3.42. The van der Waals surface area contributed by atoms with Crippen LogP contribution in [0.1, 0.15) is 50.2 Å². The smallest absolute Gasteiger partial charge is 0.331 e. The average molecular weight is 527 g/mol. The number of hydrogen-bond donors (Lipinski definition) is 1. The fraction of sp³-hybridized carbons (Fsp3) is 0.346. The summed E-state index contributed by atoms with van der Waals surface area (Å²) in [6.07, 6.45) is 6.06. The number of nitrogens with one attached hydrogen (secondary N) is 1. The molecule has 8 heteroatoms. The standard InChI is InChI=1S/C26H27BrN2O5/c1-2-33-23-15-18(10-13-22(23)34-16-17-8-11-19(27)12-9-17)14-21-24(30)28-26(32)29(25(21)31)20-6-4-3-5-7-20/h8-15,20H,2-7,16H2,1H3,(H,28,30,32). The number of urea groups is 1. The molecule has 2 aliphatic rings. The Bertz CT molecular complexity index is 1110. The molecular weight excluding hydrogens is 500 g/mol. The lowest BCUT2D eigenvalue weighted by atomic mass is 9.93. The van der Waals surface area contributed by atoms with Crippen LogP contribution in [0.3, 0.4) is 0 Å². The van der Waals surface area contributed by atoms with E-state index in [2.05, 4.69) is 21.2 Å². The van der Waals surface area contributed by atoms with Gasteiger partial charge in [0.25, 0.3) is 11.8 Å². The van der Waals surface area contributed by atoms with Crippen LogP contribution >= 0.6 is 15.9 Å². The van der Waals surface area contributed by atoms with Crippen molar-refractivity contribution in [1.82, 2.24) is 10.2 Å². The Balaban J connectivity index is 1.56.